The van der Waals surface area contributed by atoms with Crippen molar-refractivity contribution in [2.45, 2.75) is 44.8 Å². The first-order valence-corrected chi connectivity index (χ1v) is 16.7. The number of aromatic nitrogens is 2. The second-order valence-electron chi connectivity index (χ2n) is 12.0. The average Bonchev–Trinajstić information content (AvgIpc) is 3.78. The van der Waals surface area contributed by atoms with E-state index in [9.17, 15) is 18.8 Å². The number of amides is 2. The molecule has 1 aromatic heterocycles. The van der Waals surface area contributed by atoms with E-state index in [0.717, 1.165) is 44.2 Å². The summed E-state index contributed by atoms with van der Waals surface area (Å²) in [6, 6.07) is 14.7. The minimum Gasteiger partial charge on any atom is -0.496 e. The molecule has 0 saturated carbocycles. The molecule has 1 unspecified atom stereocenters. The van der Waals surface area contributed by atoms with Crippen LogP contribution in [0.1, 0.15) is 63.8 Å². The van der Waals surface area contributed by atoms with Crippen LogP contribution >= 0.6 is 23.2 Å². The average molecular weight is 710 g/mol. The number of hydrogen-bond acceptors (Lipinski definition) is 7. The molecule has 0 radical (unpaired) electrons. The third kappa shape index (κ3) is 7.42. The zero-order valence-electron chi connectivity index (χ0n) is 26.7. The zero-order valence-corrected chi connectivity index (χ0v) is 28.2. The fourth-order valence-electron chi connectivity index (χ4n) is 6.44. The summed E-state index contributed by atoms with van der Waals surface area (Å²) in [7, 11) is 1.32. The Kier molecular flexibility index (Phi) is 10.5. The molecule has 0 bridgehead atoms. The Hall–Kier alpha value is -4.49. The van der Waals surface area contributed by atoms with Gasteiger partial charge in [0, 0.05) is 35.3 Å². The number of halogens is 3. The van der Waals surface area contributed by atoms with Crippen molar-refractivity contribution < 1.29 is 28.6 Å². The first kappa shape index (κ1) is 34.4. The quantitative estimate of drug-likeness (QED) is 0.137. The smallest absolute Gasteiger partial charge is 0.317 e. The van der Waals surface area contributed by atoms with Gasteiger partial charge in [0.25, 0.3) is 11.8 Å². The largest absolute Gasteiger partial charge is 0.496 e. The van der Waals surface area contributed by atoms with Gasteiger partial charge in [0.1, 0.15) is 11.6 Å². The normalized spacial score (nSPS) is 15.9. The summed E-state index contributed by atoms with van der Waals surface area (Å²) in [5, 5.41) is 22.1. The van der Waals surface area contributed by atoms with Gasteiger partial charge in [-0.05, 0) is 69.1 Å². The number of benzene rings is 3. The van der Waals surface area contributed by atoms with Crippen molar-refractivity contribution in [3.63, 3.8) is 0 Å². The summed E-state index contributed by atoms with van der Waals surface area (Å²) in [6.07, 6.45) is 4.43. The van der Waals surface area contributed by atoms with E-state index < -0.39 is 17.7 Å². The molecule has 14 heteroatoms. The van der Waals surface area contributed by atoms with Gasteiger partial charge in [-0.15, -0.1) is 0 Å². The number of carbonyl (C=O) groups excluding carboxylic acids is 2. The van der Waals surface area contributed by atoms with Crippen LogP contribution in [0.2, 0.25) is 10.0 Å². The van der Waals surface area contributed by atoms with Crippen LogP contribution in [0.3, 0.4) is 0 Å². The Morgan fingerprint density at radius 1 is 0.939 bits per heavy atom. The third-order valence-corrected chi connectivity index (χ3v) is 9.63. The number of fused-ring (bicyclic) bond motifs is 1. The van der Waals surface area contributed by atoms with Crippen molar-refractivity contribution in [3.05, 3.63) is 93.0 Å². The number of aliphatic carboxylic acids is 1. The van der Waals surface area contributed by atoms with E-state index in [1.165, 1.54) is 26.0 Å². The molecule has 3 aromatic carbocycles. The van der Waals surface area contributed by atoms with Gasteiger partial charge in [0.2, 0.25) is 0 Å². The molecule has 4 N–H and O–H groups in total. The second-order valence-corrected chi connectivity index (χ2v) is 12.7. The summed E-state index contributed by atoms with van der Waals surface area (Å²) in [6.45, 7) is 2.41. The maximum absolute atomic E-state index is 15.0. The number of carboxylic acids is 1. The molecular weight excluding hydrogens is 674 g/mol. The molecule has 2 aliphatic rings. The monoisotopic (exact) mass is 708 g/mol. The van der Waals surface area contributed by atoms with Crippen molar-refractivity contribution in [2.24, 2.45) is 0 Å². The van der Waals surface area contributed by atoms with E-state index in [0.29, 0.717) is 22.5 Å². The zero-order chi connectivity index (χ0) is 34.7. The number of hydrogen-bond donors (Lipinski definition) is 4. The standard InChI is InChI=1S/C35H35Cl2FN6O5/c1-49-30-16-20(15-24(38)23(30)18-39-19-31(45)46)34(47)40-25-9-4-7-21(32(25)36)22-8-5-10-26(33(22)37)41-35(48)27-17-29-28(43-12-2-3-13-43)11-6-14-44(29)42-27/h4-5,7-10,15-17,28,39H,2-3,6,11-14,18-19H2,1H3,(H,40,47)(H,41,48)(H,45,46). The van der Waals surface area contributed by atoms with Crippen LogP contribution in [0.4, 0.5) is 15.8 Å². The van der Waals surface area contributed by atoms with E-state index in [1.54, 1.807) is 36.4 Å². The highest BCUT2D eigenvalue weighted by atomic mass is 35.5. The van der Waals surface area contributed by atoms with Gasteiger partial charge in [-0.3, -0.25) is 24.0 Å². The molecule has 11 nitrogen and oxygen atoms in total. The molecule has 1 fully saturated rings. The number of anilines is 2. The van der Waals surface area contributed by atoms with Gasteiger partial charge >= 0.3 is 5.97 Å². The number of nitrogens with zero attached hydrogens (tertiary/aromatic N) is 3. The topological polar surface area (TPSA) is 138 Å². The van der Waals surface area contributed by atoms with E-state index in [1.807, 2.05) is 10.7 Å². The molecule has 2 amide bonds. The van der Waals surface area contributed by atoms with Crippen LogP contribution in [-0.2, 0) is 17.9 Å². The van der Waals surface area contributed by atoms with Gasteiger partial charge in [0.05, 0.1) is 46.8 Å². The summed E-state index contributed by atoms with van der Waals surface area (Å²) in [4.78, 5) is 39.9. The molecule has 1 atom stereocenters. The minimum absolute atomic E-state index is 0.0340. The van der Waals surface area contributed by atoms with Gasteiger partial charge in [0.15, 0.2) is 5.69 Å². The predicted molar refractivity (Wildman–Crippen MR) is 185 cm³/mol. The first-order chi connectivity index (χ1) is 23.6. The minimum atomic E-state index is -1.09. The number of carbonyl (C=O) groups is 3. The van der Waals surface area contributed by atoms with Crippen LogP contribution in [0.25, 0.3) is 11.1 Å². The Bertz CT molecular complexity index is 1910. The highest BCUT2D eigenvalue weighted by Gasteiger charge is 2.30. The number of aryl methyl sites for hydroxylation is 1. The summed E-state index contributed by atoms with van der Waals surface area (Å²) < 4.78 is 22.2. The fourth-order valence-corrected chi connectivity index (χ4v) is 6.99. The van der Waals surface area contributed by atoms with E-state index in [4.69, 9.17) is 33.0 Å². The van der Waals surface area contributed by atoms with Gasteiger partial charge in [-0.1, -0.05) is 47.5 Å². The lowest BCUT2D eigenvalue weighted by Gasteiger charge is -2.31. The Morgan fingerprint density at radius 3 is 2.22 bits per heavy atom. The first-order valence-electron chi connectivity index (χ1n) is 16.0. The van der Waals surface area contributed by atoms with Crippen LogP contribution in [-0.4, -0.2) is 64.3 Å². The van der Waals surface area contributed by atoms with Gasteiger partial charge in [-0.25, -0.2) is 4.39 Å². The summed E-state index contributed by atoms with van der Waals surface area (Å²) >= 11 is 13.6. The third-order valence-electron chi connectivity index (χ3n) is 8.81. The van der Waals surface area contributed by atoms with E-state index >= 15 is 0 Å². The van der Waals surface area contributed by atoms with E-state index in [2.05, 4.69) is 25.9 Å². The molecule has 6 rings (SSSR count). The Labute approximate surface area is 292 Å². The number of carboxylic acid groups (broad SMARTS) is 1. The van der Waals surface area contributed by atoms with Crippen LogP contribution in [0.15, 0.2) is 54.6 Å². The Morgan fingerprint density at radius 2 is 1.59 bits per heavy atom. The van der Waals surface area contributed by atoms with Crippen molar-refractivity contribution >= 4 is 52.4 Å². The van der Waals surface area contributed by atoms with Crippen molar-refractivity contribution in [3.8, 4) is 16.9 Å². The second kappa shape index (κ2) is 15.0. The van der Waals surface area contributed by atoms with Gasteiger partial charge < -0.3 is 25.8 Å². The molecular formula is C35H35Cl2FN6O5. The lowest BCUT2D eigenvalue weighted by atomic mass is 10.0. The molecule has 256 valence electrons. The summed E-state index contributed by atoms with van der Waals surface area (Å²) in [5.41, 5.74) is 3.07. The molecule has 2 aliphatic heterocycles. The summed E-state index contributed by atoms with van der Waals surface area (Å²) in [5.74, 6) is -2.78. The lowest BCUT2D eigenvalue weighted by molar-refractivity contribution is -0.136. The number of nitrogens with one attached hydrogen (secondary N) is 3. The molecule has 3 heterocycles. The molecule has 49 heavy (non-hydrogen) atoms. The van der Waals surface area contributed by atoms with Crippen molar-refractivity contribution in [1.82, 2.24) is 20.0 Å². The highest BCUT2D eigenvalue weighted by Crippen LogP contribution is 2.41. The SMILES string of the molecule is COc1cc(C(=O)Nc2cccc(-c3cccc(NC(=O)c4cc5n(n4)CCCC5N4CCCC4)c3Cl)c2Cl)cc(F)c1CNCC(=O)O. The number of likely N-dealkylation sites (tertiary alicyclic amines) is 1. The molecule has 0 spiro atoms. The van der Waals surface area contributed by atoms with Crippen molar-refractivity contribution in [2.75, 3.05) is 37.4 Å². The van der Waals surface area contributed by atoms with Gasteiger partial charge in [-0.2, -0.15) is 5.10 Å². The van der Waals surface area contributed by atoms with Crippen LogP contribution < -0.4 is 20.7 Å². The van der Waals surface area contributed by atoms with Crippen molar-refractivity contribution in [1.29, 1.82) is 0 Å². The lowest BCUT2D eigenvalue weighted by Crippen LogP contribution is -2.30. The maximum atomic E-state index is 15.0. The Balaban J connectivity index is 1.19. The number of methoxy groups -OCH3 is 1. The predicted octanol–water partition coefficient (Wildman–Crippen LogP) is 6.61. The van der Waals surface area contributed by atoms with Crippen LogP contribution in [0.5, 0.6) is 5.75 Å². The number of ether oxygens (including phenoxy) is 1. The molecule has 0 aliphatic carbocycles. The highest BCUT2D eigenvalue weighted by molar-refractivity contribution is 6.40. The molecule has 4 aromatic rings. The van der Waals surface area contributed by atoms with E-state index in [-0.39, 0.29) is 57.6 Å². The fraction of sp³-hybridized carbons (Fsp3) is 0.314. The van der Waals surface area contributed by atoms with Crippen LogP contribution in [0, 0.1) is 5.82 Å². The number of rotatable bonds is 11. The molecule has 1 saturated heterocycles. The maximum Gasteiger partial charge on any atom is 0.317 e.